The fraction of sp³-hybridized carbons (Fsp3) is 0.529. The van der Waals surface area contributed by atoms with Gasteiger partial charge in [-0.15, -0.1) is 0 Å². The average molecular weight is 289 g/mol. The van der Waals surface area contributed by atoms with Gasteiger partial charge in [0, 0.05) is 12.1 Å². The van der Waals surface area contributed by atoms with E-state index in [4.69, 9.17) is 0 Å². The van der Waals surface area contributed by atoms with E-state index in [9.17, 15) is 14.7 Å². The predicted molar refractivity (Wildman–Crippen MR) is 81.2 cm³/mol. The Hall–Kier alpha value is -1.84. The van der Waals surface area contributed by atoms with Crippen LogP contribution in [0, 0.1) is 18.8 Å². The number of rotatable bonds is 5. The van der Waals surface area contributed by atoms with Gasteiger partial charge in [-0.25, -0.2) is 0 Å². The summed E-state index contributed by atoms with van der Waals surface area (Å²) in [4.78, 5) is 23.6. The SMILES string of the molecule is Cc1ccccc1C(=O)NCC(C(=O)O)C1CCCCC1. The van der Waals surface area contributed by atoms with Crippen LogP contribution in [0.4, 0.5) is 0 Å². The van der Waals surface area contributed by atoms with Crippen molar-refractivity contribution in [3.8, 4) is 0 Å². The Morgan fingerprint density at radius 2 is 1.90 bits per heavy atom. The van der Waals surface area contributed by atoms with E-state index in [2.05, 4.69) is 5.32 Å². The lowest BCUT2D eigenvalue weighted by Gasteiger charge is -2.27. The Morgan fingerprint density at radius 1 is 1.24 bits per heavy atom. The zero-order valence-electron chi connectivity index (χ0n) is 12.5. The Labute approximate surface area is 125 Å². The largest absolute Gasteiger partial charge is 0.481 e. The van der Waals surface area contributed by atoms with Crippen LogP contribution in [0.25, 0.3) is 0 Å². The number of carboxylic acids is 1. The van der Waals surface area contributed by atoms with Crippen LogP contribution in [0.2, 0.25) is 0 Å². The molecule has 4 heteroatoms. The summed E-state index contributed by atoms with van der Waals surface area (Å²) >= 11 is 0. The van der Waals surface area contributed by atoms with Gasteiger partial charge in [0.15, 0.2) is 0 Å². The maximum absolute atomic E-state index is 12.2. The summed E-state index contributed by atoms with van der Waals surface area (Å²) in [5, 5.41) is 12.2. The summed E-state index contributed by atoms with van der Waals surface area (Å²) in [5.74, 6) is -1.27. The van der Waals surface area contributed by atoms with E-state index in [0.717, 1.165) is 31.2 Å². The monoisotopic (exact) mass is 289 g/mol. The average Bonchev–Trinajstić information content (AvgIpc) is 2.48. The van der Waals surface area contributed by atoms with Crippen LogP contribution < -0.4 is 5.32 Å². The second-order valence-electron chi connectivity index (χ2n) is 5.87. The third-order valence-electron chi connectivity index (χ3n) is 4.41. The molecule has 1 atom stereocenters. The number of carbonyl (C=O) groups is 2. The van der Waals surface area contributed by atoms with E-state index in [-0.39, 0.29) is 18.4 Å². The fourth-order valence-corrected chi connectivity index (χ4v) is 3.12. The van der Waals surface area contributed by atoms with E-state index >= 15 is 0 Å². The first kappa shape index (κ1) is 15.5. The minimum absolute atomic E-state index is 0.185. The smallest absolute Gasteiger partial charge is 0.308 e. The summed E-state index contributed by atoms with van der Waals surface area (Å²) in [7, 11) is 0. The Morgan fingerprint density at radius 3 is 2.52 bits per heavy atom. The standard InChI is InChI=1S/C17H23NO3/c1-12-7-5-6-10-14(12)16(19)18-11-15(17(20)21)13-8-3-2-4-9-13/h5-7,10,13,15H,2-4,8-9,11H2,1H3,(H,18,19)(H,20,21). The van der Waals surface area contributed by atoms with Crippen LogP contribution in [0.15, 0.2) is 24.3 Å². The van der Waals surface area contributed by atoms with Crippen LogP contribution in [-0.4, -0.2) is 23.5 Å². The van der Waals surface area contributed by atoms with Gasteiger partial charge in [-0.2, -0.15) is 0 Å². The van der Waals surface area contributed by atoms with Gasteiger partial charge in [0.05, 0.1) is 5.92 Å². The molecule has 1 amide bonds. The van der Waals surface area contributed by atoms with Crippen molar-refractivity contribution >= 4 is 11.9 Å². The molecule has 1 aromatic rings. The summed E-state index contributed by atoms with van der Waals surface area (Å²) in [6.07, 6.45) is 5.30. The molecular formula is C17H23NO3. The molecular weight excluding hydrogens is 266 g/mol. The Bertz CT molecular complexity index is 507. The number of hydrogen-bond acceptors (Lipinski definition) is 2. The summed E-state index contributed by atoms with van der Waals surface area (Å²) in [5.41, 5.74) is 1.52. The highest BCUT2D eigenvalue weighted by atomic mass is 16.4. The third kappa shape index (κ3) is 4.06. The molecule has 1 aliphatic carbocycles. The number of hydrogen-bond donors (Lipinski definition) is 2. The second kappa shape index (κ2) is 7.25. The van der Waals surface area contributed by atoms with Crippen LogP contribution in [0.5, 0.6) is 0 Å². The number of amides is 1. The summed E-state index contributed by atoms with van der Waals surface area (Å²) in [6.45, 7) is 2.10. The number of carboxylic acid groups (broad SMARTS) is 1. The van der Waals surface area contributed by atoms with Crippen LogP contribution in [-0.2, 0) is 4.79 Å². The molecule has 4 nitrogen and oxygen atoms in total. The first-order chi connectivity index (χ1) is 10.1. The highest BCUT2D eigenvalue weighted by Crippen LogP contribution is 2.30. The van der Waals surface area contributed by atoms with E-state index in [1.807, 2.05) is 25.1 Å². The lowest BCUT2D eigenvalue weighted by molar-refractivity contribution is -0.143. The van der Waals surface area contributed by atoms with Gasteiger partial charge in [-0.3, -0.25) is 9.59 Å². The molecule has 0 aromatic heterocycles. The highest BCUT2D eigenvalue weighted by molar-refractivity contribution is 5.95. The molecule has 2 N–H and O–H groups in total. The third-order valence-corrected chi connectivity index (χ3v) is 4.41. The van der Waals surface area contributed by atoms with Crippen molar-refractivity contribution < 1.29 is 14.7 Å². The number of benzene rings is 1. The van der Waals surface area contributed by atoms with Crippen molar-refractivity contribution in [2.75, 3.05) is 6.54 Å². The number of aliphatic carboxylic acids is 1. The number of nitrogens with one attached hydrogen (secondary N) is 1. The zero-order valence-corrected chi connectivity index (χ0v) is 12.5. The molecule has 0 bridgehead atoms. The lowest BCUT2D eigenvalue weighted by Crippen LogP contribution is -2.37. The fourth-order valence-electron chi connectivity index (χ4n) is 3.12. The minimum atomic E-state index is -0.799. The summed E-state index contributed by atoms with van der Waals surface area (Å²) in [6, 6.07) is 7.34. The minimum Gasteiger partial charge on any atom is -0.481 e. The molecule has 0 saturated heterocycles. The van der Waals surface area contributed by atoms with Crippen LogP contribution in [0.1, 0.15) is 48.0 Å². The van der Waals surface area contributed by atoms with E-state index in [1.165, 1.54) is 6.42 Å². The van der Waals surface area contributed by atoms with Crippen LogP contribution in [0.3, 0.4) is 0 Å². The van der Waals surface area contributed by atoms with Gasteiger partial charge < -0.3 is 10.4 Å². The van der Waals surface area contributed by atoms with Gasteiger partial charge in [0.2, 0.25) is 0 Å². The molecule has 2 rings (SSSR count). The molecule has 0 heterocycles. The van der Waals surface area contributed by atoms with Crippen molar-refractivity contribution in [3.05, 3.63) is 35.4 Å². The quantitative estimate of drug-likeness (QED) is 0.875. The van der Waals surface area contributed by atoms with Crippen LogP contribution >= 0.6 is 0 Å². The maximum Gasteiger partial charge on any atom is 0.308 e. The predicted octanol–water partition coefficient (Wildman–Crippen LogP) is 3.01. The molecule has 0 aliphatic heterocycles. The lowest BCUT2D eigenvalue weighted by atomic mass is 9.80. The molecule has 0 spiro atoms. The molecule has 1 fully saturated rings. The van der Waals surface area contributed by atoms with Gasteiger partial charge in [0.25, 0.3) is 5.91 Å². The molecule has 21 heavy (non-hydrogen) atoms. The van der Waals surface area contributed by atoms with E-state index in [0.29, 0.717) is 5.56 Å². The molecule has 114 valence electrons. The highest BCUT2D eigenvalue weighted by Gasteiger charge is 2.29. The molecule has 0 radical (unpaired) electrons. The Kier molecular flexibility index (Phi) is 5.37. The van der Waals surface area contributed by atoms with Crippen molar-refractivity contribution in [2.45, 2.75) is 39.0 Å². The topological polar surface area (TPSA) is 66.4 Å². The van der Waals surface area contributed by atoms with Gasteiger partial charge in [-0.1, -0.05) is 37.5 Å². The zero-order chi connectivity index (χ0) is 15.2. The molecule has 1 aromatic carbocycles. The molecule has 1 aliphatic rings. The summed E-state index contributed by atoms with van der Waals surface area (Å²) < 4.78 is 0. The molecule has 1 saturated carbocycles. The first-order valence-corrected chi connectivity index (χ1v) is 7.66. The normalized spacial score (nSPS) is 17.2. The Balaban J connectivity index is 1.97. The first-order valence-electron chi connectivity index (χ1n) is 7.66. The number of aryl methyl sites for hydroxylation is 1. The maximum atomic E-state index is 12.2. The second-order valence-corrected chi connectivity index (χ2v) is 5.87. The van der Waals surface area contributed by atoms with Gasteiger partial charge in [0.1, 0.15) is 0 Å². The van der Waals surface area contributed by atoms with Crippen molar-refractivity contribution in [3.63, 3.8) is 0 Å². The number of carbonyl (C=O) groups excluding carboxylic acids is 1. The van der Waals surface area contributed by atoms with Crippen molar-refractivity contribution in [1.29, 1.82) is 0 Å². The van der Waals surface area contributed by atoms with E-state index in [1.54, 1.807) is 6.07 Å². The van der Waals surface area contributed by atoms with E-state index < -0.39 is 11.9 Å². The van der Waals surface area contributed by atoms with Crippen molar-refractivity contribution in [1.82, 2.24) is 5.32 Å². The molecule has 1 unspecified atom stereocenters. The van der Waals surface area contributed by atoms with Crippen molar-refractivity contribution in [2.24, 2.45) is 11.8 Å². The van der Waals surface area contributed by atoms with Gasteiger partial charge in [-0.05, 0) is 37.3 Å². The van der Waals surface area contributed by atoms with Gasteiger partial charge >= 0.3 is 5.97 Å².